The minimum absolute atomic E-state index is 0.0128. The van der Waals surface area contributed by atoms with Crippen LogP contribution in [0.3, 0.4) is 0 Å². The van der Waals surface area contributed by atoms with E-state index in [2.05, 4.69) is 27.6 Å². The van der Waals surface area contributed by atoms with Crippen molar-refractivity contribution in [1.29, 1.82) is 0 Å². The molecular weight excluding hydrogens is 377 g/mol. The third-order valence-corrected chi connectivity index (χ3v) is 5.00. The van der Waals surface area contributed by atoms with Crippen molar-refractivity contribution in [3.05, 3.63) is 62.9 Å². The van der Waals surface area contributed by atoms with E-state index in [1.165, 1.54) is 0 Å². The number of aromatic amines is 1. The number of methoxy groups -OCH3 is 1. The summed E-state index contributed by atoms with van der Waals surface area (Å²) in [4.78, 5) is 16.0. The Morgan fingerprint density at radius 2 is 1.90 bits per heavy atom. The molecule has 0 fully saturated rings. The maximum Gasteiger partial charge on any atom is 0.196 e. The molecule has 1 heterocycles. The first kappa shape index (κ1) is 14.1. The van der Waals surface area contributed by atoms with Gasteiger partial charge in [0.2, 0.25) is 0 Å². The summed E-state index contributed by atoms with van der Waals surface area (Å²) >= 11 is 2.22. The Bertz CT molecular complexity index is 836. The summed E-state index contributed by atoms with van der Waals surface area (Å²) in [6.45, 7) is 2.01. The number of aromatic nitrogens is 1. The highest BCUT2D eigenvalue weighted by Gasteiger charge is 2.19. The Labute approximate surface area is 136 Å². The van der Waals surface area contributed by atoms with E-state index in [0.29, 0.717) is 11.3 Å². The van der Waals surface area contributed by atoms with Crippen LogP contribution >= 0.6 is 22.6 Å². The molecule has 0 bridgehead atoms. The number of fused-ring (bicyclic) bond motifs is 1. The number of ketones is 1. The van der Waals surface area contributed by atoms with Gasteiger partial charge in [0, 0.05) is 20.8 Å². The summed E-state index contributed by atoms with van der Waals surface area (Å²) in [6.07, 6.45) is 1.76. The normalized spacial score (nSPS) is 10.8. The minimum atomic E-state index is 0.0128. The standard InChI is InChI=1S/C17H14INO2/c1-10-5-3-6-11(16(10)18)17(20)12-9-19-13-7-4-8-14(21-2)15(12)13/h3-9,19H,1-2H3. The number of hydrogen-bond donors (Lipinski definition) is 1. The fourth-order valence-electron chi connectivity index (χ4n) is 2.47. The van der Waals surface area contributed by atoms with E-state index in [9.17, 15) is 4.79 Å². The highest BCUT2D eigenvalue weighted by atomic mass is 127. The second-order valence-electron chi connectivity index (χ2n) is 4.85. The van der Waals surface area contributed by atoms with Crippen LogP contribution in [0.25, 0.3) is 10.9 Å². The van der Waals surface area contributed by atoms with Gasteiger partial charge >= 0.3 is 0 Å². The maximum atomic E-state index is 12.9. The number of carbonyl (C=O) groups is 1. The molecule has 0 spiro atoms. The molecule has 106 valence electrons. The van der Waals surface area contributed by atoms with Crippen LogP contribution in [0.5, 0.6) is 5.75 Å². The highest BCUT2D eigenvalue weighted by molar-refractivity contribution is 14.1. The second-order valence-corrected chi connectivity index (χ2v) is 5.93. The molecule has 0 radical (unpaired) electrons. The first-order valence-corrected chi connectivity index (χ1v) is 7.65. The number of nitrogens with one attached hydrogen (secondary N) is 1. The van der Waals surface area contributed by atoms with Gasteiger partial charge < -0.3 is 9.72 Å². The molecule has 0 unspecified atom stereocenters. The SMILES string of the molecule is COc1cccc2[nH]cc(C(=O)c3cccc(C)c3I)c12. The number of carbonyl (C=O) groups excluding carboxylic acids is 1. The first-order chi connectivity index (χ1) is 10.1. The van der Waals surface area contributed by atoms with Gasteiger partial charge in [-0.15, -0.1) is 0 Å². The lowest BCUT2D eigenvalue weighted by Crippen LogP contribution is -2.04. The largest absolute Gasteiger partial charge is 0.496 e. The van der Waals surface area contributed by atoms with Crippen LogP contribution in [0.15, 0.2) is 42.6 Å². The smallest absolute Gasteiger partial charge is 0.196 e. The maximum absolute atomic E-state index is 12.9. The van der Waals surface area contributed by atoms with Crippen LogP contribution in [0.1, 0.15) is 21.5 Å². The van der Waals surface area contributed by atoms with E-state index in [-0.39, 0.29) is 5.78 Å². The summed E-state index contributed by atoms with van der Waals surface area (Å²) in [5.74, 6) is 0.721. The van der Waals surface area contributed by atoms with Gasteiger partial charge in [-0.2, -0.15) is 0 Å². The Morgan fingerprint density at radius 3 is 2.67 bits per heavy atom. The predicted molar refractivity (Wildman–Crippen MR) is 92.2 cm³/mol. The molecule has 1 N–H and O–H groups in total. The van der Waals surface area contributed by atoms with Crippen LogP contribution < -0.4 is 4.74 Å². The van der Waals surface area contributed by atoms with Gasteiger partial charge in [0.15, 0.2) is 5.78 Å². The summed E-state index contributed by atoms with van der Waals surface area (Å²) in [5.41, 5.74) is 3.38. The number of aryl methyl sites for hydroxylation is 1. The van der Waals surface area contributed by atoms with E-state index in [4.69, 9.17) is 4.74 Å². The average molecular weight is 391 g/mol. The van der Waals surface area contributed by atoms with E-state index in [0.717, 1.165) is 25.6 Å². The number of ether oxygens (including phenoxy) is 1. The molecule has 0 aliphatic carbocycles. The molecule has 3 aromatic rings. The molecule has 21 heavy (non-hydrogen) atoms. The van der Waals surface area contributed by atoms with Crippen molar-refractivity contribution in [1.82, 2.24) is 4.98 Å². The third-order valence-electron chi connectivity index (χ3n) is 3.57. The first-order valence-electron chi connectivity index (χ1n) is 6.57. The predicted octanol–water partition coefficient (Wildman–Crippen LogP) is 4.32. The highest BCUT2D eigenvalue weighted by Crippen LogP contribution is 2.31. The Kier molecular flexibility index (Phi) is 3.71. The lowest BCUT2D eigenvalue weighted by atomic mass is 10.0. The fraction of sp³-hybridized carbons (Fsp3) is 0.118. The Morgan fingerprint density at radius 1 is 1.14 bits per heavy atom. The topological polar surface area (TPSA) is 42.1 Å². The van der Waals surface area contributed by atoms with Crippen molar-refractivity contribution in [3.63, 3.8) is 0 Å². The minimum Gasteiger partial charge on any atom is -0.496 e. The Balaban J connectivity index is 2.21. The van der Waals surface area contributed by atoms with E-state index >= 15 is 0 Å². The Hall–Kier alpha value is -1.82. The number of rotatable bonds is 3. The van der Waals surface area contributed by atoms with Crippen LogP contribution in [0.4, 0.5) is 0 Å². The summed E-state index contributed by atoms with van der Waals surface area (Å²) < 4.78 is 6.38. The average Bonchev–Trinajstić information content (AvgIpc) is 2.93. The molecule has 3 rings (SSSR count). The van der Waals surface area contributed by atoms with Gasteiger partial charge in [-0.3, -0.25) is 4.79 Å². The number of halogens is 1. The lowest BCUT2D eigenvalue weighted by molar-refractivity contribution is 0.103. The monoisotopic (exact) mass is 391 g/mol. The molecule has 0 aliphatic rings. The summed E-state index contributed by atoms with van der Waals surface area (Å²) in [6, 6.07) is 11.5. The van der Waals surface area contributed by atoms with E-state index in [1.807, 2.05) is 43.3 Å². The fourth-order valence-corrected chi connectivity index (χ4v) is 3.07. The molecule has 0 atom stereocenters. The molecule has 0 amide bonds. The van der Waals surface area contributed by atoms with Crippen molar-refractivity contribution in [2.45, 2.75) is 6.92 Å². The molecule has 0 saturated heterocycles. The van der Waals surface area contributed by atoms with E-state index in [1.54, 1.807) is 13.3 Å². The third kappa shape index (κ3) is 2.33. The molecule has 3 nitrogen and oxygen atoms in total. The molecule has 0 aliphatic heterocycles. The van der Waals surface area contributed by atoms with Crippen LogP contribution in [-0.2, 0) is 0 Å². The molecule has 1 aromatic heterocycles. The number of H-pyrrole nitrogens is 1. The molecular formula is C17H14INO2. The molecule has 0 saturated carbocycles. The number of hydrogen-bond acceptors (Lipinski definition) is 2. The summed E-state index contributed by atoms with van der Waals surface area (Å²) in [7, 11) is 1.62. The second kappa shape index (κ2) is 5.52. The van der Waals surface area contributed by atoms with Gasteiger partial charge in [0.25, 0.3) is 0 Å². The van der Waals surface area contributed by atoms with Gasteiger partial charge in [0.05, 0.1) is 18.1 Å². The van der Waals surface area contributed by atoms with Crippen LogP contribution in [0.2, 0.25) is 0 Å². The quantitative estimate of drug-likeness (QED) is 0.534. The van der Waals surface area contributed by atoms with Gasteiger partial charge in [0.1, 0.15) is 5.75 Å². The number of benzene rings is 2. The van der Waals surface area contributed by atoms with Crippen molar-refractivity contribution >= 4 is 39.3 Å². The van der Waals surface area contributed by atoms with Crippen LogP contribution in [-0.4, -0.2) is 17.9 Å². The zero-order valence-corrected chi connectivity index (χ0v) is 13.9. The molecule has 4 heteroatoms. The van der Waals surface area contributed by atoms with Crippen LogP contribution in [0, 0.1) is 10.5 Å². The van der Waals surface area contributed by atoms with Crippen molar-refractivity contribution < 1.29 is 9.53 Å². The zero-order valence-electron chi connectivity index (χ0n) is 11.7. The molecule has 2 aromatic carbocycles. The van der Waals surface area contributed by atoms with Gasteiger partial charge in [-0.1, -0.05) is 18.2 Å². The van der Waals surface area contributed by atoms with Crippen molar-refractivity contribution in [2.75, 3.05) is 7.11 Å². The van der Waals surface area contributed by atoms with Gasteiger partial charge in [-0.05, 0) is 53.3 Å². The summed E-state index contributed by atoms with van der Waals surface area (Å²) in [5, 5.41) is 0.835. The lowest BCUT2D eigenvalue weighted by Gasteiger charge is -2.07. The van der Waals surface area contributed by atoms with Crippen molar-refractivity contribution in [2.24, 2.45) is 0 Å². The van der Waals surface area contributed by atoms with Gasteiger partial charge in [-0.25, -0.2) is 0 Å². The van der Waals surface area contributed by atoms with E-state index < -0.39 is 0 Å². The zero-order chi connectivity index (χ0) is 15.0. The van der Waals surface area contributed by atoms with Crippen molar-refractivity contribution in [3.8, 4) is 5.75 Å².